The molecule has 1 rings (SSSR count). The van der Waals surface area contributed by atoms with Crippen molar-refractivity contribution >= 4 is 11.9 Å². The molecule has 0 spiro atoms. The van der Waals surface area contributed by atoms with Crippen molar-refractivity contribution in [2.75, 3.05) is 0 Å². The number of rotatable bonds is 4. The number of carboxylic acids is 1. The number of carbonyl (C=O) groups is 2. The maximum Gasteiger partial charge on any atom is 0.325 e. The Morgan fingerprint density at radius 2 is 1.81 bits per heavy atom. The van der Waals surface area contributed by atoms with Gasteiger partial charge in [-0.15, -0.1) is 0 Å². The Balaban J connectivity index is 2.65. The maximum absolute atomic E-state index is 11.4. The minimum Gasteiger partial charge on any atom is -0.480 e. The largest absolute Gasteiger partial charge is 0.480 e. The van der Waals surface area contributed by atoms with Gasteiger partial charge in [-0.1, -0.05) is 30.3 Å². The molecular weight excluding hydrogens is 210 g/mol. The zero-order valence-corrected chi connectivity index (χ0v) is 8.75. The van der Waals surface area contributed by atoms with Crippen LogP contribution in [-0.4, -0.2) is 28.1 Å². The molecule has 16 heavy (non-hydrogen) atoms. The lowest BCUT2D eigenvalue weighted by atomic mass is 10.1. The van der Waals surface area contributed by atoms with Gasteiger partial charge in [0.25, 0.3) is 5.91 Å². The predicted octanol–water partition coefficient (Wildman–Crippen LogP) is 0.309. The van der Waals surface area contributed by atoms with Gasteiger partial charge in [-0.25, -0.2) is 0 Å². The highest BCUT2D eigenvalue weighted by molar-refractivity contribution is 5.86. The first-order valence-corrected chi connectivity index (χ1v) is 4.78. The number of nitrogens with one attached hydrogen (secondary N) is 1. The van der Waals surface area contributed by atoms with Crippen LogP contribution in [0.1, 0.15) is 18.6 Å². The maximum atomic E-state index is 11.4. The van der Waals surface area contributed by atoms with Gasteiger partial charge in [-0.3, -0.25) is 9.59 Å². The van der Waals surface area contributed by atoms with Crippen LogP contribution in [-0.2, 0) is 9.59 Å². The van der Waals surface area contributed by atoms with Gasteiger partial charge >= 0.3 is 5.97 Å². The third-order valence-electron chi connectivity index (χ3n) is 2.09. The van der Waals surface area contributed by atoms with Crippen LogP contribution < -0.4 is 5.32 Å². The predicted molar refractivity (Wildman–Crippen MR) is 56.6 cm³/mol. The lowest BCUT2D eigenvalue weighted by Crippen LogP contribution is -2.40. The van der Waals surface area contributed by atoms with Crippen molar-refractivity contribution < 1.29 is 19.8 Å². The zero-order valence-electron chi connectivity index (χ0n) is 8.75. The van der Waals surface area contributed by atoms with Crippen molar-refractivity contribution in [3.8, 4) is 0 Å². The molecule has 86 valence electrons. The molecule has 5 heteroatoms. The van der Waals surface area contributed by atoms with Crippen LogP contribution in [0.15, 0.2) is 30.3 Å². The molecule has 5 nitrogen and oxygen atoms in total. The summed E-state index contributed by atoms with van der Waals surface area (Å²) >= 11 is 0. The fraction of sp³-hybridized carbons (Fsp3) is 0.273. The molecule has 1 amide bonds. The lowest BCUT2D eigenvalue weighted by Gasteiger charge is -2.13. The standard InChI is InChI=1S/C11H13NO4/c1-7(11(15)16)12-10(14)9(13)8-5-3-2-4-6-8/h2-7,9,13H,1H3,(H,12,14)(H,15,16)/t7-,9+/m1/s1. The molecule has 1 aromatic rings. The minimum absolute atomic E-state index is 0.428. The Kier molecular flexibility index (Phi) is 4.02. The summed E-state index contributed by atoms with van der Waals surface area (Å²) in [4.78, 5) is 21.9. The number of aliphatic carboxylic acids is 1. The highest BCUT2D eigenvalue weighted by Gasteiger charge is 2.21. The highest BCUT2D eigenvalue weighted by atomic mass is 16.4. The summed E-state index contributed by atoms with van der Waals surface area (Å²) in [6, 6.07) is 7.30. The van der Waals surface area contributed by atoms with Crippen molar-refractivity contribution in [2.45, 2.75) is 19.1 Å². The molecule has 2 atom stereocenters. The highest BCUT2D eigenvalue weighted by Crippen LogP contribution is 2.11. The van der Waals surface area contributed by atoms with Crippen LogP contribution in [0.2, 0.25) is 0 Å². The number of hydrogen-bond donors (Lipinski definition) is 3. The topological polar surface area (TPSA) is 86.6 Å². The van der Waals surface area contributed by atoms with Crippen LogP contribution in [0.4, 0.5) is 0 Å². The molecule has 0 saturated carbocycles. The molecule has 0 radical (unpaired) electrons. The van der Waals surface area contributed by atoms with Gasteiger partial charge in [-0.2, -0.15) is 0 Å². The van der Waals surface area contributed by atoms with Crippen molar-refractivity contribution in [3.63, 3.8) is 0 Å². The van der Waals surface area contributed by atoms with Gasteiger partial charge in [0.15, 0.2) is 6.10 Å². The Morgan fingerprint density at radius 1 is 1.25 bits per heavy atom. The van der Waals surface area contributed by atoms with Crippen molar-refractivity contribution in [2.24, 2.45) is 0 Å². The zero-order chi connectivity index (χ0) is 12.1. The van der Waals surface area contributed by atoms with Crippen molar-refractivity contribution in [3.05, 3.63) is 35.9 Å². The second-order valence-corrected chi connectivity index (χ2v) is 3.38. The van der Waals surface area contributed by atoms with Crippen molar-refractivity contribution in [1.29, 1.82) is 0 Å². The quantitative estimate of drug-likeness (QED) is 0.685. The monoisotopic (exact) mass is 223 g/mol. The number of benzene rings is 1. The second-order valence-electron chi connectivity index (χ2n) is 3.38. The first kappa shape index (κ1) is 12.2. The first-order valence-electron chi connectivity index (χ1n) is 4.78. The minimum atomic E-state index is -1.34. The summed E-state index contributed by atoms with van der Waals surface area (Å²) in [7, 11) is 0. The van der Waals surface area contributed by atoms with E-state index in [9.17, 15) is 14.7 Å². The van der Waals surface area contributed by atoms with E-state index in [4.69, 9.17) is 5.11 Å². The Bertz CT molecular complexity index is 377. The van der Waals surface area contributed by atoms with Crippen molar-refractivity contribution in [1.82, 2.24) is 5.32 Å². The molecule has 0 unspecified atom stereocenters. The fourth-order valence-corrected chi connectivity index (χ4v) is 1.14. The fourth-order valence-electron chi connectivity index (χ4n) is 1.14. The molecule has 0 aliphatic carbocycles. The lowest BCUT2D eigenvalue weighted by molar-refractivity contribution is -0.142. The Hall–Kier alpha value is -1.88. The summed E-state index contributed by atoms with van der Waals surface area (Å²) in [5.74, 6) is -1.87. The van der Waals surface area contributed by atoms with E-state index in [1.54, 1.807) is 30.3 Å². The first-order chi connectivity index (χ1) is 7.52. The smallest absolute Gasteiger partial charge is 0.325 e. The van der Waals surface area contributed by atoms with Gasteiger partial charge in [0.05, 0.1) is 0 Å². The van der Waals surface area contributed by atoms with Crippen LogP contribution in [0, 0.1) is 0 Å². The normalized spacial score (nSPS) is 13.9. The second kappa shape index (κ2) is 5.27. The number of carbonyl (C=O) groups excluding carboxylic acids is 1. The molecule has 0 aromatic heterocycles. The SMILES string of the molecule is C[C@@H](NC(=O)[C@@H](O)c1ccccc1)C(=O)O. The van der Waals surface area contributed by atoms with E-state index in [1.165, 1.54) is 6.92 Å². The molecule has 0 heterocycles. The summed E-state index contributed by atoms with van der Waals surface area (Å²) in [6.07, 6.45) is -1.34. The molecule has 0 fully saturated rings. The number of aliphatic hydroxyl groups is 1. The van der Waals surface area contributed by atoms with E-state index in [-0.39, 0.29) is 0 Å². The Morgan fingerprint density at radius 3 is 2.31 bits per heavy atom. The Labute approximate surface area is 92.7 Å². The summed E-state index contributed by atoms with van der Waals surface area (Å²) in [6.45, 7) is 1.33. The number of carboxylic acid groups (broad SMARTS) is 1. The molecular formula is C11H13NO4. The molecule has 0 aliphatic rings. The van der Waals surface area contributed by atoms with E-state index in [2.05, 4.69) is 5.32 Å². The van der Waals surface area contributed by atoms with Gasteiger partial charge in [0.1, 0.15) is 6.04 Å². The van der Waals surface area contributed by atoms with E-state index in [1.807, 2.05) is 0 Å². The third-order valence-corrected chi connectivity index (χ3v) is 2.09. The number of amides is 1. The summed E-state index contributed by atoms with van der Waals surface area (Å²) < 4.78 is 0. The average Bonchev–Trinajstić information content (AvgIpc) is 2.28. The molecule has 0 saturated heterocycles. The molecule has 3 N–H and O–H groups in total. The van der Waals surface area contributed by atoms with Gasteiger partial charge < -0.3 is 15.5 Å². The van der Waals surface area contributed by atoms with Crippen LogP contribution in [0.25, 0.3) is 0 Å². The van der Waals surface area contributed by atoms with E-state index < -0.39 is 24.0 Å². The van der Waals surface area contributed by atoms with Gasteiger partial charge in [0.2, 0.25) is 0 Å². The summed E-state index contributed by atoms with van der Waals surface area (Å²) in [5.41, 5.74) is 0.428. The number of aliphatic hydroxyl groups excluding tert-OH is 1. The third kappa shape index (κ3) is 3.06. The van der Waals surface area contributed by atoms with Crippen LogP contribution in [0.5, 0.6) is 0 Å². The van der Waals surface area contributed by atoms with Gasteiger partial charge in [0, 0.05) is 0 Å². The van der Waals surface area contributed by atoms with E-state index in [0.29, 0.717) is 5.56 Å². The van der Waals surface area contributed by atoms with Crippen LogP contribution in [0.3, 0.4) is 0 Å². The number of hydrogen-bond acceptors (Lipinski definition) is 3. The van der Waals surface area contributed by atoms with Crippen LogP contribution >= 0.6 is 0 Å². The average molecular weight is 223 g/mol. The molecule has 1 aromatic carbocycles. The molecule has 0 bridgehead atoms. The van der Waals surface area contributed by atoms with Gasteiger partial charge in [-0.05, 0) is 12.5 Å². The molecule has 0 aliphatic heterocycles. The summed E-state index contributed by atoms with van der Waals surface area (Å²) in [5, 5.41) is 20.4. The van der Waals surface area contributed by atoms with E-state index in [0.717, 1.165) is 0 Å². The van der Waals surface area contributed by atoms with E-state index >= 15 is 0 Å².